The van der Waals surface area contributed by atoms with Crippen LogP contribution in [0.15, 0.2) is 29.3 Å². The van der Waals surface area contributed by atoms with Crippen molar-refractivity contribution >= 4 is 53.1 Å². The number of hydrogen-bond acceptors (Lipinski definition) is 5. The molecule has 0 radical (unpaired) electrons. The van der Waals surface area contributed by atoms with Crippen molar-refractivity contribution in [2.45, 2.75) is 59.5 Å². The summed E-state index contributed by atoms with van der Waals surface area (Å²) in [5.41, 5.74) is 2.57. The molecule has 1 aromatic carbocycles. The summed E-state index contributed by atoms with van der Waals surface area (Å²) in [5, 5.41) is 10.6. The fraction of sp³-hybridized carbons (Fsp3) is 0.522. The minimum atomic E-state index is -0.514. The van der Waals surface area contributed by atoms with Crippen molar-refractivity contribution in [3.63, 3.8) is 0 Å². The molecule has 0 aliphatic rings. The van der Waals surface area contributed by atoms with Gasteiger partial charge in [0.1, 0.15) is 5.60 Å². The van der Waals surface area contributed by atoms with E-state index in [9.17, 15) is 4.79 Å². The first-order chi connectivity index (χ1) is 14.7. The number of benzene rings is 1. The lowest BCUT2D eigenvalue weighted by atomic mass is 10.1. The van der Waals surface area contributed by atoms with Gasteiger partial charge in [-0.15, -0.1) is 35.3 Å². The number of nitrogens with one attached hydrogen (secondary N) is 3. The molecule has 0 atom stereocenters. The molecule has 178 valence electrons. The number of rotatable bonds is 8. The molecule has 2 aromatic rings. The largest absolute Gasteiger partial charge is 0.444 e. The molecule has 7 nitrogen and oxygen atoms in total. The predicted octanol–water partition coefficient (Wildman–Crippen LogP) is 4.93. The number of carbonyl (C=O) groups is 1. The number of ether oxygens (including phenoxy) is 1. The van der Waals surface area contributed by atoms with Gasteiger partial charge in [0.15, 0.2) is 5.96 Å². The van der Waals surface area contributed by atoms with Gasteiger partial charge in [0.05, 0.1) is 10.7 Å². The highest BCUT2D eigenvalue weighted by molar-refractivity contribution is 14.0. The minimum Gasteiger partial charge on any atom is -0.444 e. The first kappa shape index (κ1) is 28.2. The van der Waals surface area contributed by atoms with Crippen LogP contribution in [0.5, 0.6) is 0 Å². The van der Waals surface area contributed by atoms with E-state index < -0.39 is 11.7 Å². The molecule has 2 rings (SSSR count). The average molecular weight is 574 g/mol. The Balaban J connectivity index is 0.00000512. The van der Waals surface area contributed by atoms with Crippen LogP contribution in [-0.4, -0.2) is 42.8 Å². The lowest BCUT2D eigenvalue weighted by Crippen LogP contribution is -2.39. The average Bonchev–Trinajstić information content (AvgIpc) is 3.06. The Labute approximate surface area is 212 Å². The molecular weight excluding hydrogens is 537 g/mol. The third kappa shape index (κ3) is 10.2. The van der Waals surface area contributed by atoms with Crippen LogP contribution in [0.1, 0.15) is 48.8 Å². The molecule has 1 aromatic heterocycles. The molecule has 9 heteroatoms. The maximum Gasteiger partial charge on any atom is 0.412 e. The molecule has 1 amide bonds. The Morgan fingerprint density at radius 2 is 1.75 bits per heavy atom. The molecule has 0 aliphatic carbocycles. The SMILES string of the molecule is CCc1nc(CCNC(=NC)NCCc2ccc(NC(=O)OC(C)(C)C)cc2)sc1C.I. The van der Waals surface area contributed by atoms with Crippen molar-refractivity contribution in [2.24, 2.45) is 4.99 Å². The number of halogens is 1. The fourth-order valence-electron chi connectivity index (χ4n) is 2.93. The smallest absolute Gasteiger partial charge is 0.412 e. The summed E-state index contributed by atoms with van der Waals surface area (Å²) < 4.78 is 5.27. The molecule has 0 saturated heterocycles. The second-order valence-corrected chi connectivity index (χ2v) is 9.50. The first-order valence-electron chi connectivity index (χ1n) is 10.7. The van der Waals surface area contributed by atoms with Gasteiger partial charge in [-0.1, -0.05) is 19.1 Å². The number of guanidine groups is 1. The molecular formula is C23H36IN5O2S. The number of aliphatic imine (C=N–C) groups is 1. The highest BCUT2D eigenvalue weighted by Gasteiger charge is 2.16. The summed E-state index contributed by atoms with van der Waals surface area (Å²) in [6.07, 6.45) is 2.27. The maximum absolute atomic E-state index is 11.8. The quantitative estimate of drug-likeness (QED) is 0.237. The molecule has 3 N–H and O–H groups in total. The molecule has 0 unspecified atom stereocenters. The summed E-state index contributed by atoms with van der Waals surface area (Å²) in [6.45, 7) is 11.3. The molecule has 1 heterocycles. The monoisotopic (exact) mass is 573 g/mol. The Bertz CT molecular complexity index is 876. The van der Waals surface area contributed by atoms with Gasteiger partial charge in [-0.25, -0.2) is 9.78 Å². The van der Waals surface area contributed by atoms with E-state index in [0.29, 0.717) is 5.69 Å². The second-order valence-electron chi connectivity index (χ2n) is 8.21. The minimum absolute atomic E-state index is 0. The van der Waals surface area contributed by atoms with E-state index in [4.69, 9.17) is 4.74 Å². The lowest BCUT2D eigenvalue weighted by molar-refractivity contribution is 0.0636. The van der Waals surface area contributed by atoms with Crippen LogP contribution in [0.25, 0.3) is 0 Å². The number of thiazole rings is 1. The third-order valence-corrected chi connectivity index (χ3v) is 5.50. The zero-order valence-electron chi connectivity index (χ0n) is 19.9. The van der Waals surface area contributed by atoms with Gasteiger partial charge in [0, 0.05) is 37.1 Å². The van der Waals surface area contributed by atoms with Crippen molar-refractivity contribution in [2.75, 3.05) is 25.5 Å². The van der Waals surface area contributed by atoms with Crippen LogP contribution in [-0.2, 0) is 24.0 Å². The Morgan fingerprint density at radius 3 is 2.28 bits per heavy atom. The van der Waals surface area contributed by atoms with Gasteiger partial charge in [-0.2, -0.15) is 0 Å². The molecule has 0 spiro atoms. The Morgan fingerprint density at radius 1 is 1.12 bits per heavy atom. The zero-order valence-corrected chi connectivity index (χ0v) is 23.0. The van der Waals surface area contributed by atoms with Gasteiger partial charge in [-0.05, 0) is 58.2 Å². The summed E-state index contributed by atoms with van der Waals surface area (Å²) in [6, 6.07) is 7.77. The van der Waals surface area contributed by atoms with Gasteiger partial charge < -0.3 is 15.4 Å². The second kappa shape index (κ2) is 13.6. The fourth-order valence-corrected chi connectivity index (χ4v) is 3.95. The van der Waals surface area contributed by atoms with Gasteiger partial charge >= 0.3 is 6.09 Å². The van der Waals surface area contributed by atoms with Crippen LogP contribution in [0.4, 0.5) is 10.5 Å². The lowest BCUT2D eigenvalue weighted by Gasteiger charge is -2.19. The van der Waals surface area contributed by atoms with Crippen LogP contribution in [0, 0.1) is 6.92 Å². The van der Waals surface area contributed by atoms with Crippen molar-refractivity contribution < 1.29 is 9.53 Å². The van der Waals surface area contributed by atoms with Crippen molar-refractivity contribution in [1.82, 2.24) is 15.6 Å². The zero-order chi connectivity index (χ0) is 22.9. The first-order valence-corrected chi connectivity index (χ1v) is 11.5. The predicted molar refractivity (Wildman–Crippen MR) is 145 cm³/mol. The van der Waals surface area contributed by atoms with E-state index in [1.165, 1.54) is 16.1 Å². The van der Waals surface area contributed by atoms with Crippen molar-refractivity contribution in [3.05, 3.63) is 45.4 Å². The van der Waals surface area contributed by atoms with E-state index >= 15 is 0 Å². The molecule has 0 saturated carbocycles. The molecule has 0 bridgehead atoms. The maximum atomic E-state index is 11.8. The summed E-state index contributed by atoms with van der Waals surface area (Å²) >= 11 is 1.78. The number of carbonyl (C=O) groups excluding carboxylic acids is 1. The van der Waals surface area contributed by atoms with Crippen LogP contribution in [0.2, 0.25) is 0 Å². The van der Waals surface area contributed by atoms with E-state index in [-0.39, 0.29) is 24.0 Å². The summed E-state index contributed by atoms with van der Waals surface area (Å²) in [7, 11) is 1.77. The summed E-state index contributed by atoms with van der Waals surface area (Å²) in [5.74, 6) is 0.784. The number of nitrogens with zero attached hydrogens (tertiary/aromatic N) is 2. The van der Waals surface area contributed by atoms with Crippen molar-refractivity contribution in [3.8, 4) is 0 Å². The number of hydrogen-bond donors (Lipinski definition) is 3. The highest BCUT2D eigenvalue weighted by Crippen LogP contribution is 2.18. The number of amides is 1. The topological polar surface area (TPSA) is 87.6 Å². The standard InChI is InChI=1S/C23H35N5O2S.HI/c1-7-19-16(2)31-20(28-19)13-15-26-21(24-6)25-14-12-17-8-10-18(11-9-17)27-22(29)30-23(3,4)5;/h8-11H,7,12-15H2,1-6H3,(H,27,29)(H2,24,25,26);1H. The van der Waals surface area contributed by atoms with E-state index in [1.807, 2.05) is 45.0 Å². The Hall–Kier alpha value is -1.88. The molecule has 0 fully saturated rings. The van der Waals surface area contributed by atoms with Crippen LogP contribution in [0.3, 0.4) is 0 Å². The van der Waals surface area contributed by atoms with Gasteiger partial charge in [0.25, 0.3) is 0 Å². The van der Waals surface area contributed by atoms with Crippen molar-refractivity contribution in [1.29, 1.82) is 0 Å². The van der Waals surface area contributed by atoms with Gasteiger partial charge in [-0.3, -0.25) is 10.3 Å². The number of anilines is 1. The van der Waals surface area contributed by atoms with E-state index in [2.05, 4.69) is 39.8 Å². The van der Waals surface area contributed by atoms with Crippen LogP contribution < -0.4 is 16.0 Å². The molecule has 32 heavy (non-hydrogen) atoms. The number of aromatic nitrogens is 1. The van der Waals surface area contributed by atoms with E-state index in [1.54, 1.807) is 18.4 Å². The highest BCUT2D eigenvalue weighted by atomic mass is 127. The third-order valence-electron chi connectivity index (χ3n) is 4.43. The normalized spacial score (nSPS) is 11.5. The molecule has 0 aliphatic heterocycles. The summed E-state index contributed by atoms with van der Waals surface area (Å²) in [4.78, 5) is 22.1. The van der Waals surface area contributed by atoms with Crippen LogP contribution >= 0.6 is 35.3 Å². The number of aryl methyl sites for hydroxylation is 2. The Kier molecular flexibility index (Phi) is 12.0. The van der Waals surface area contributed by atoms with E-state index in [0.717, 1.165) is 43.3 Å². The van der Waals surface area contributed by atoms with Gasteiger partial charge in [0.2, 0.25) is 0 Å².